The third kappa shape index (κ3) is 4.55. The van der Waals surface area contributed by atoms with Gasteiger partial charge in [-0.25, -0.2) is 4.98 Å². The predicted molar refractivity (Wildman–Crippen MR) is 131 cm³/mol. The first-order valence-corrected chi connectivity index (χ1v) is 12.4. The van der Waals surface area contributed by atoms with Crippen molar-refractivity contribution in [3.63, 3.8) is 0 Å². The van der Waals surface area contributed by atoms with Gasteiger partial charge in [0.05, 0.1) is 21.3 Å². The predicted octanol–water partition coefficient (Wildman–Crippen LogP) is 5.95. The van der Waals surface area contributed by atoms with Gasteiger partial charge in [-0.1, -0.05) is 41.0 Å². The van der Waals surface area contributed by atoms with Crippen LogP contribution < -0.4 is 10.9 Å². The van der Waals surface area contributed by atoms with Gasteiger partial charge in [0.15, 0.2) is 5.16 Å². The first kappa shape index (κ1) is 22.4. The Labute approximate surface area is 198 Å². The van der Waals surface area contributed by atoms with Crippen molar-refractivity contribution < 1.29 is 4.79 Å². The molecule has 0 saturated heterocycles. The van der Waals surface area contributed by atoms with Crippen molar-refractivity contribution in [3.8, 4) is 0 Å². The maximum absolute atomic E-state index is 13.3. The lowest BCUT2D eigenvalue weighted by Crippen LogP contribution is -2.27. The molecule has 1 aromatic carbocycles. The minimum atomic E-state index is -0.498. The molecule has 0 saturated carbocycles. The minimum absolute atomic E-state index is 0.0554. The summed E-state index contributed by atoms with van der Waals surface area (Å²) in [5.74, 6) is -0.237. The number of aryl methyl sites for hydroxylation is 2. The Kier molecular flexibility index (Phi) is 6.77. The van der Waals surface area contributed by atoms with Gasteiger partial charge in [-0.2, -0.15) is 0 Å². The van der Waals surface area contributed by atoms with Crippen LogP contribution in [0, 0.1) is 0 Å². The van der Waals surface area contributed by atoms with E-state index in [0.717, 1.165) is 41.5 Å². The fraction of sp³-hybridized carbons (Fsp3) is 0.318. The highest BCUT2D eigenvalue weighted by molar-refractivity contribution is 8.00. The van der Waals surface area contributed by atoms with Crippen molar-refractivity contribution in [2.75, 3.05) is 5.32 Å². The third-order valence-electron chi connectivity index (χ3n) is 5.19. The molecular formula is C22H21Cl2N3O2S2. The summed E-state index contributed by atoms with van der Waals surface area (Å²) in [7, 11) is 0. The number of aromatic nitrogens is 2. The highest BCUT2D eigenvalue weighted by Crippen LogP contribution is 2.35. The number of nitrogens with one attached hydrogen (secondary N) is 1. The lowest BCUT2D eigenvalue weighted by molar-refractivity contribution is -0.115. The van der Waals surface area contributed by atoms with E-state index in [9.17, 15) is 9.59 Å². The van der Waals surface area contributed by atoms with Gasteiger partial charge >= 0.3 is 0 Å². The Morgan fingerprint density at radius 1 is 1.39 bits per heavy atom. The van der Waals surface area contributed by atoms with E-state index in [0.29, 0.717) is 27.4 Å². The Morgan fingerprint density at radius 3 is 2.90 bits per heavy atom. The Hall–Kier alpha value is -1.80. The van der Waals surface area contributed by atoms with Crippen LogP contribution in [0.4, 0.5) is 5.69 Å². The van der Waals surface area contributed by atoms with Crippen LogP contribution in [0.2, 0.25) is 10.0 Å². The van der Waals surface area contributed by atoms with Gasteiger partial charge in [-0.05, 0) is 56.4 Å². The lowest BCUT2D eigenvalue weighted by Gasteiger charge is -2.16. The molecule has 1 atom stereocenters. The fourth-order valence-electron chi connectivity index (χ4n) is 3.64. The summed E-state index contributed by atoms with van der Waals surface area (Å²) >= 11 is 14.9. The fourth-order valence-corrected chi connectivity index (χ4v) is 6.31. The van der Waals surface area contributed by atoms with Crippen LogP contribution in [0.25, 0.3) is 10.2 Å². The topological polar surface area (TPSA) is 64.0 Å². The summed E-state index contributed by atoms with van der Waals surface area (Å²) in [5.41, 5.74) is 1.59. The van der Waals surface area contributed by atoms with Crippen molar-refractivity contribution in [1.29, 1.82) is 0 Å². The molecule has 0 fully saturated rings. The van der Waals surface area contributed by atoms with Gasteiger partial charge in [0, 0.05) is 16.4 Å². The van der Waals surface area contributed by atoms with Crippen molar-refractivity contribution in [3.05, 3.63) is 61.7 Å². The quantitative estimate of drug-likeness (QED) is 0.261. The molecule has 162 valence electrons. The molecule has 9 heteroatoms. The van der Waals surface area contributed by atoms with Gasteiger partial charge < -0.3 is 5.32 Å². The molecule has 31 heavy (non-hydrogen) atoms. The van der Waals surface area contributed by atoms with Gasteiger partial charge in [0.1, 0.15) is 4.83 Å². The van der Waals surface area contributed by atoms with Crippen molar-refractivity contribution >= 4 is 68.1 Å². The van der Waals surface area contributed by atoms with Crippen LogP contribution in [0.15, 0.2) is 40.8 Å². The first-order chi connectivity index (χ1) is 14.9. The number of anilines is 1. The number of hydrogen-bond donors (Lipinski definition) is 1. The van der Waals surface area contributed by atoms with E-state index >= 15 is 0 Å². The zero-order chi connectivity index (χ0) is 22.1. The number of rotatable bonds is 6. The number of hydrogen-bond acceptors (Lipinski definition) is 5. The van der Waals surface area contributed by atoms with E-state index < -0.39 is 5.25 Å². The molecule has 1 aliphatic carbocycles. The number of benzene rings is 1. The van der Waals surface area contributed by atoms with Crippen LogP contribution in [-0.2, 0) is 24.2 Å². The molecule has 0 radical (unpaired) electrons. The van der Waals surface area contributed by atoms with E-state index in [-0.39, 0.29) is 11.5 Å². The Bertz CT molecular complexity index is 1240. The molecule has 0 bridgehead atoms. The maximum atomic E-state index is 13.3. The number of thioether (sulfide) groups is 1. The zero-order valence-electron chi connectivity index (χ0n) is 16.9. The molecule has 2 heterocycles. The summed E-state index contributed by atoms with van der Waals surface area (Å²) in [6.45, 7) is 5.90. The normalized spacial score (nSPS) is 14.3. The average molecular weight is 494 g/mol. The summed E-state index contributed by atoms with van der Waals surface area (Å²) in [5, 5.41) is 4.43. The van der Waals surface area contributed by atoms with Crippen molar-refractivity contribution in [1.82, 2.24) is 9.55 Å². The van der Waals surface area contributed by atoms with Gasteiger partial charge in [-0.3, -0.25) is 14.2 Å². The molecule has 1 aliphatic rings. The monoisotopic (exact) mass is 493 g/mol. The molecule has 3 aromatic rings. The van der Waals surface area contributed by atoms with E-state index in [1.165, 1.54) is 16.6 Å². The number of halogens is 2. The van der Waals surface area contributed by atoms with E-state index in [1.807, 2.05) is 0 Å². The van der Waals surface area contributed by atoms with Crippen LogP contribution in [0.5, 0.6) is 0 Å². The number of allylic oxidation sites excluding steroid dienone is 1. The second-order valence-corrected chi connectivity index (χ2v) is 10.6. The number of fused-ring (bicyclic) bond motifs is 3. The lowest BCUT2D eigenvalue weighted by atomic mass is 9.97. The highest BCUT2D eigenvalue weighted by Gasteiger charge is 2.24. The van der Waals surface area contributed by atoms with Gasteiger partial charge in [0.25, 0.3) is 5.56 Å². The zero-order valence-corrected chi connectivity index (χ0v) is 20.1. The summed E-state index contributed by atoms with van der Waals surface area (Å²) in [6.07, 6.45) is 5.84. The molecule has 2 aromatic heterocycles. The smallest absolute Gasteiger partial charge is 0.263 e. The van der Waals surface area contributed by atoms with E-state index in [4.69, 9.17) is 28.2 Å². The van der Waals surface area contributed by atoms with Crippen molar-refractivity contribution in [2.45, 2.75) is 49.6 Å². The molecule has 1 N–H and O–H groups in total. The van der Waals surface area contributed by atoms with Crippen LogP contribution in [0.3, 0.4) is 0 Å². The van der Waals surface area contributed by atoms with Gasteiger partial charge in [-0.15, -0.1) is 17.9 Å². The van der Waals surface area contributed by atoms with Crippen LogP contribution >= 0.6 is 46.3 Å². The Morgan fingerprint density at radius 2 is 2.16 bits per heavy atom. The summed E-state index contributed by atoms with van der Waals surface area (Å²) in [4.78, 5) is 32.9. The molecular weight excluding hydrogens is 473 g/mol. The molecule has 5 nitrogen and oxygen atoms in total. The number of carbonyl (C=O) groups excluding carboxylic acids is 1. The third-order valence-corrected chi connectivity index (χ3v) is 8.02. The summed E-state index contributed by atoms with van der Waals surface area (Å²) < 4.78 is 1.61. The maximum Gasteiger partial charge on any atom is 0.263 e. The van der Waals surface area contributed by atoms with Crippen molar-refractivity contribution in [2.24, 2.45) is 0 Å². The van der Waals surface area contributed by atoms with Gasteiger partial charge in [0.2, 0.25) is 5.91 Å². The highest BCUT2D eigenvalue weighted by atomic mass is 35.5. The second kappa shape index (κ2) is 9.36. The van der Waals surface area contributed by atoms with E-state index in [2.05, 4.69) is 11.9 Å². The minimum Gasteiger partial charge on any atom is -0.324 e. The molecule has 1 unspecified atom stereocenters. The summed E-state index contributed by atoms with van der Waals surface area (Å²) in [6, 6.07) is 4.90. The van der Waals surface area contributed by atoms with Crippen LogP contribution in [0.1, 0.15) is 30.2 Å². The Balaban J connectivity index is 1.65. The van der Waals surface area contributed by atoms with Crippen LogP contribution in [-0.4, -0.2) is 20.7 Å². The first-order valence-electron chi connectivity index (χ1n) is 9.97. The second-order valence-electron chi connectivity index (χ2n) is 7.36. The average Bonchev–Trinajstić information content (AvgIpc) is 3.11. The molecule has 1 amide bonds. The standard InChI is InChI=1S/C22H21Cl2N3O2S2/c1-3-10-27-21(29)18-14-6-4-5-7-17(14)31-20(18)26-22(27)30-12(2)19(28)25-16-9-8-13(23)11-15(16)24/h3,8-9,11-12H,1,4-7,10H2,2H3,(H,25,28). The number of nitrogens with zero attached hydrogens (tertiary/aromatic N) is 2. The number of thiophene rings is 1. The molecule has 0 spiro atoms. The largest absolute Gasteiger partial charge is 0.324 e. The molecule has 4 rings (SSSR count). The van der Waals surface area contributed by atoms with E-state index in [1.54, 1.807) is 47.1 Å². The number of carbonyl (C=O) groups is 1. The number of amides is 1. The SMILES string of the molecule is C=CCn1c(SC(C)C(=O)Nc2ccc(Cl)cc2Cl)nc2sc3c(c2c1=O)CCCC3. The molecule has 0 aliphatic heterocycles.